The van der Waals surface area contributed by atoms with Gasteiger partial charge >= 0.3 is 7.32 Å². The molecule has 0 aliphatic carbocycles. The van der Waals surface area contributed by atoms with Crippen LogP contribution in [-0.2, 0) is 20.7 Å². The average Bonchev–Trinajstić information content (AvgIpc) is 3.03. The lowest BCUT2D eigenvalue weighted by Gasteiger charge is -2.32. The minimum absolute atomic E-state index is 0.00926. The highest BCUT2D eigenvalue weighted by atomic mass is 16.6. The molecule has 0 saturated carbocycles. The third-order valence-electron chi connectivity index (χ3n) is 4.69. The van der Waals surface area contributed by atoms with E-state index < -0.39 is 13.5 Å². The molecule has 150 valence electrons. The Labute approximate surface area is 163 Å². The zero-order valence-corrected chi connectivity index (χ0v) is 15.7. The number of carbonyl (C=O) groups is 2. The lowest BCUT2D eigenvalue weighted by molar-refractivity contribution is -0.136. The molecule has 1 saturated heterocycles. The molecule has 0 radical (unpaired) electrons. The van der Waals surface area contributed by atoms with Crippen molar-refractivity contribution in [1.82, 2.24) is 15.1 Å². The van der Waals surface area contributed by atoms with Crippen molar-refractivity contribution < 1.29 is 28.7 Å². The van der Waals surface area contributed by atoms with Crippen LogP contribution in [0, 0.1) is 0 Å². The van der Waals surface area contributed by atoms with E-state index in [-0.39, 0.29) is 24.7 Å². The highest BCUT2D eigenvalue weighted by molar-refractivity contribution is 6.32. The predicted octanol–water partition coefficient (Wildman–Crippen LogP) is -0.432. The number of hydrogen-bond acceptors (Lipinski definition) is 7. The third kappa shape index (κ3) is 5.32. The Balaban J connectivity index is 1.57. The van der Waals surface area contributed by atoms with Gasteiger partial charge in [0.15, 0.2) is 0 Å². The number of benzene rings is 1. The van der Waals surface area contributed by atoms with Crippen molar-refractivity contribution in [2.24, 2.45) is 0 Å². The van der Waals surface area contributed by atoms with Gasteiger partial charge in [0.05, 0.1) is 12.8 Å². The summed E-state index contributed by atoms with van der Waals surface area (Å²) < 4.78 is 10.5. The maximum atomic E-state index is 12.3. The number of piperazine rings is 1. The molecule has 1 aliphatic heterocycles. The second-order valence-electron chi connectivity index (χ2n) is 6.85. The molecule has 9 nitrogen and oxygen atoms in total. The minimum atomic E-state index is -2.03. The number of hydrogen-bond donors (Lipinski definition) is 3. The molecule has 10 heteroatoms. The van der Waals surface area contributed by atoms with Gasteiger partial charge in [0.25, 0.3) is 0 Å². The monoisotopic (exact) mass is 389 g/mol. The van der Waals surface area contributed by atoms with E-state index in [0.717, 1.165) is 17.5 Å². The quantitative estimate of drug-likeness (QED) is 0.415. The highest BCUT2D eigenvalue weighted by Gasteiger charge is 2.24. The Hall–Kier alpha value is -2.40. The van der Waals surface area contributed by atoms with Crippen LogP contribution in [0.1, 0.15) is 12.0 Å². The molecule has 2 heterocycles. The second kappa shape index (κ2) is 9.20. The number of nitrogens with one attached hydrogen (secondary N) is 1. The molecule has 1 aromatic carbocycles. The standard InChI is InChI=1S/C18H24BN3O6/c1-21-8-9-22(18(24)11-21)7-6-16(23)20-17(28-19(25)26)10-13-12-27-15-5-3-2-4-14(13)15/h2-5,12,17,25-26H,6-11H2,1H3,(H,20,23)/t17-/m1/s1. The zero-order chi connectivity index (χ0) is 20.1. The van der Waals surface area contributed by atoms with E-state index in [0.29, 0.717) is 25.2 Å². The fourth-order valence-corrected chi connectivity index (χ4v) is 3.22. The van der Waals surface area contributed by atoms with E-state index in [1.807, 2.05) is 36.2 Å². The summed E-state index contributed by atoms with van der Waals surface area (Å²) >= 11 is 0. The van der Waals surface area contributed by atoms with Gasteiger partial charge in [0.1, 0.15) is 11.8 Å². The molecule has 0 bridgehead atoms. The fourth-order valence-electron chi connectivity index (χ4n) is 3.22. The lowest BCUT2D eigenvalue weighted by atomic mass is 10.1. The van der Waals surface area contributed by atoms with Crippen LogP contribution in [0.2, 0.25) is 0 Å². The molecule has 3 rings (SSSR count). The van der Waals surface area contributed by atoms with Crippen LogP contribution in [0.4, 0.5) is 0 Å². The molecule has 1 fully saturated rings. The summed E-state index contributed by atoms with van der Waals surface area (Å²) in [6.07, 6.45) is 0.910. The lowest BCUT2D eigenvalue weighted by Crippen LogP contribution is -2.50. The smallest absolute Gasteiger partial charge is 0.464 e. The van der Waals surface area contributed by atoms with Crippen LogP contribution < -0.4 is 5.32 Å². The van der Waals surface area contributed by atoms with Crippen LogP contribution in [0.25, 0.3) is 11.0 Å². The van der Waals surface area contributed by atoms with E-state index in [1.165, 1.54) is 0 Å². The zero-order valence-electron chi connectivity index (χ0n) is 15.7. The summed E-state index contributed by atoms with van der Waals surface area (Å²) in [6.45, 7) is 2.00. The van der Waals surface area contributed by atoms with Crippen LogP contribution in [0.15, 0.2) is 34.9 Å². The van der Waals surface area contributed by atoms with Gasteiger partial charge in [-0.05, 0) is 13.1 Å². The topological polar surface area (TPSA) is 115 Å². The summed E-state index contributed by atoms with van der Waals surface area (Å²) in [7, 11) is -0.147. The van der Waals surface area contributed by atoms with Gasteiger partial charge in [-0.15, -0.1) is 0 Å². The molecule has 1 aliphatic rings. The molecule has 2 aromatic rings. The van der Waals surface area contributed by atoms with Crippen molar-refractivity contribution in [1.29, 1.82) is 0 Å². The Kier molecular flexibility index (Phi) is 6.68. The van der Waals surface area contributed by atoms with Crippen LogP contribution in [0.5, 0.6) is 0 Å². The number of likely N-dealkylation sites (N-methyl/N-ethyl adjacent to an activating group) is 1. The molecular formula is C18H24BN3O6. The highest BCUT2D eigenvalue weighted by Crippen LogP contribution is 2.22. The first-order chi connectivity index (χ1) is 13.4. The summed E-state index contributed by atoms with van der Waals surface area (Å²) in [5.41, 5.74) is 1.47. The van der Waals surface area contributed by atoms with Gasteiger partial charge < -0.3 is 29.3 Å². The Morgan fingerprint density at radius 1 is 1.36 bits per heavy atom. The number of amides is 2. The maximum Gasteiger partial charge on any atom is 0.635 e. The normalized spacial score (nSPS) is 16.4. The largest absolute Gasteiger partial charge is 0.635 e. The van der Waals surface area contributed by atoms with E-state index in [9.17, 15) is 19.6 Å². The number of para-hydroxylation sites is 1. The van der Waals surface area contributed by atoms with Gasteiger partial charge in [-0.3, -0.25) is 14.5 Å². The van der Waals surface area contributed by atoms with Crippen LogP contribution in [-0.4, -0.2) is 78.4 Å². The van der Waals surface area contributed by atoms with Gasteiger partial charge in [-0.1, -0.05) is 18.2 Å². The predicted molar refractivity (Wildman–Crippen MR) is 102 cm³/mol. The minimum Gasteiger partial charge on any atom is -0.464 e. The van der Waals surface area contributed by atoms with Crippen molar-refractivity contribution >= 4 is 30.1 Å². The average molecular weight is 389 g/mol. The van der Waals surface area contributed by atoms with Gasteiger partial charge in [-0.2, -0.15) is 0 Å². The summed E-state index contributed by atoms with van der Waals surface area (Å²) in [6, 6.07) is 7.41. The van der Waals surface area contributed by atoms with Crippen molar-refractivity contribution in [3.8, 4) is 0 Å². The summed E-state index contributed by atoms with van der Waals surface area (Å²) in [5, 5.41) is 21.8. The number of nitrogens with zero attached hydrogens (tertiary/aromatic N) is 2. The number of carbonyl (C=O) groups excluding carboxylic acids is 2. The van der Waals surface area contributed by atoms with E-state index >= 15 is 0 Å². The van der Waals surface area contributed by atoms with Crippen LogP contribution >= 0.6 is 0 Å². The van der Waals surface area contributed by atoms with Gasteiger partial charge in [0.2, 0.25) is 11.8 Å². The SMILES string of the molecule is CN1CCN(CCC(=O)N[C@@H](Cc2coc3ccccc23)OB(O)O)C(=O)C1. The first-order valence-corrected chi connectivity index (χ1v) is 9.15. The first-order valence-electron chi connectivity index (χ1n) is 9.15. The van der Waals surface area contributed by atoms with Gasteiger partial charge in [0, 0.05) is 43.4 Å². The Bertz CT molecular complexity index is 827. The van der Waals surface area contributed by atoms with E-state index in [2.05, 4.69) is 5.32 Å². The first kappa shape index (κ1) is 20.3. The third-order valence-corrected chi connectivity index (χ3v) is 4.69. The molecule has 28 heavy (non-hydrogen) atoms. The molecule has 1 aromatic heterocycles. The Morgan fingerprint density at radius 3 is 2.89 bits per heavy atom. The van der Waals surface area contributed by atoms with Gasteiger partial charge in [-0.25, -0.2) is 0 Å². The maximum absolute atomic E-state index is 12.3. The number of rotatable bonds is 8. The van der Waals surface area contributed by atoms with Crippen molar-refractivity contribution in [2.75, 3.05) is 33.2 Å². The van der Waals surface area contributed by atoms with E-state index in [1.54, 1.807) is 11.2 Å². The molecule has 1 atom stereocenters. The Morgan fingerprint density at radius 2 is 2.14 bits per heavy atom. The summed E-state index contributed by atoms with van der Waals surface area (Å²) in [4.78, 5) is 27.9. The fraction of sp³-hybridized carbons (Fsp3) is 0.444. The van der Waals surface area contributed by atoms with Crippen molar-refractivity contribution in [3.05, 3.63) is 36.1 Å². The molecule has 0 unspecified atom stereocenters. The molecule has 0 spiro atoms. The molecule has 3 N–H and O–H groups in total. The molecule has 2 amide bonds. The second-order valence-corrected chi connectivity index (χ2v) is 6.85. The van der Waals surface area contributed by atoms with E-state index in [4.69, 9.17) is 9.07 Å². The summed E-state index contributed by atoms with van der Waals surface area (Å²) in [5.74, 6) is -0.352. The number of furan rings is 1. The molecular weight excluding hydrogens is 365 g/mol. The van der Waals surface area contributed by atoms with Crippen molar-refractivity contribution in [3.63, 3.8) is 0 Å². The van der Waals surface area contributed by atoms with Crippen molar-refractivity contribution in [2.45, 2.75) is 19.1 Å². The van der Waals surface area contributed by atoms with Crippen LogP contribution in [0.3, 0.4) is 0 Å². The number of fused-ring (bicyclic) bond motifs is 1.